The maximum atomic E-state index is 12.4. The molecule has 23 heavy (non-hydrogen) atoms. The lowest BCUT2D eigenvalue weighted by atomic mass is 10.2. The number of hydrogen-bond donors (Lipinski definition) is 1. The predicted octanol–water partition coefficient (Wildman–Crippen LogP) is 2.04. The molecule has 2 aromatic rings. The highest BCUT2D eigenvalue weighted by Gasteiger charge is 2.25. The van der Waals surface area contributed by atoms with Gasteiger partial charge in [0.05, 0.1) is 32.0 Å². The fraction of sp³-hybridized carbons (Fsp3) is 0.500. The molecule has 124 valence electrons. The summed E-state index contributed by atoms with van der Waals surface area (Å²) in [5, 5.41) is 9.30. The Morgan fingerprint density at radius 3 is 3.13 bits per heavy atom. The second kappa shape index (κ2) is 7.25. The van der Waals surface area contributed by atoms with Crippen molar-refractivity contribution in [2.75, 3.05) is 25.0 Å². The molecule has 1 amide bonds. The van der Waals surface area contributed by atoms with Crippen molar-refractivity contribution in [1.82, 2.24) is 14.7 Å². The van der Waals surface area contributed by atoms with E-state index in [1.807, 2.05) is 29.1 Å². The van der Waals surface area contributed by atoms with Gasteiger partial charge in [-0.3, -0.25) is 9.69 Å². The summed E-state index contributed by atoms with van der Waals surface area (Å²) in [6.45, 7) is 6.62. The van der Waals surface area contributed by atoms with Crippen molar-refractivity contribution < 1.29 is 9.53 Å². The van der Waals surface area contributed by atoms with Crippen LogP contribution >= 0.6 is 11.3 Å². The van der Waals surface area contributed by atoms with Gasteiger partial charge in [-0.05, 0) is 25.3 Å². The third-order valence-electron chi connectivity index (χ3n) is 3.95. The van der Waals surface area contributed by atoms with Crippen LogP contribution < -0.4 is 5.32 Å². The molecule has 1 aliphatic rings. The molecule has 1 aliphatic heterocycles. The van der Waals surface area contributed by atoms with Gasteiger partial charge in [-0.15, -0.1) is 11.3 Å². The molecule has 2 atom stereocenters. The number of carbonyl (C=O) groups is 1. The summed E-state index contributed by atoms with van der Waals surface area (Å²) < 4.78 is 7.41. The van der Waals surface area contributed by atoms with Crippen LogP contribution in [0, 0.1) is 0 Å². The van der Waals surface area contributed by atoms with Gasteiger partial charge in [0.1, 0.15) is 5.82 Å². The Morgan fingerprint density at radius 1 is 1.48 bits per heavy atom. The Labute approximate surface area is 140 Å². The molecule has 0 aromatic carbocycles. The number of amides is 1. The molecule has 1 fully saturated rings. The van der Waals surface area contributed by atoms with Crippen LogP contribution in [-0.4, -0.2) is 52.4 Å². The van der Waals surface area contributed by atoms with E-state index in [1.165, 1.54) is 4.88 Å². The average Bonchev–Trinajstić information content (AvgIpc) is 3.16. The zero-order chi connectivity index (χ0) is 16.2. The highest BCUT2D eigenvalue weighted by atomic mass is 32.1. The predicted molar refractivity (Wildman–Crippen MR) is 90.7 cm³/mol. The number of morpholine rings is 1. The minimum atomic E-state index is -0.0149. The Balaban J connectivity index is 1.59. The lowest BCUT2D eigenvalue weighted by molar-refractivity contribution is -0.121. The van der Waals surface area contributed by atoms with Crippen LogP contribution in [0.4, 0.5) is 5.82 Å². The Kier molecular flexibility index (Phi) is 5.09. The smallest absolute Gasteiger partial charge is 0.239 e. The summed E-state index contributed by atoms with van der Waals surface area (Å²) in [4.78, 5) is 15.7. The van der Waals surface area contributed by atoms with E-state index < -0.39 is 0 Å². The van der Waals surface area contributed by atoms with Crippen LogP contribution in [0.25, 0.3) is 0 Å². The van der Waals surface area contributed by atoms with E-state index in [2.05, 4.69) is 28.3 Å². The molecule has 6 nitrogen and oxygen atoms in total. The van der Waals surface area contributed by atoms with E-state index in [0.29, 0.717) is 19.7 Å². The molecular formula is C16H22N4O2S. The number of carbonyl (C=O) groups excluding carboxylic acids is 1. The average molecular weight is 334 g/mol. The van der Waals surface area contributed by atoms with Crippen molar-refractivity contribution in [1.29, 1.82) is 0 Å². The normalized spacial score (nSPS) is 22.2. The van der Waals surface area contributed by atoms with Gasteiger partial charge in [0, 0.05) is 23.5 Å². The Hall–Kier alpha value is -1.70. The second-order valence-corrected chi connectivity index (χ2v) is 6.96. The van der Waals surface area contributed by atoms with Gasteiger partial charge in [0.2, 0.25) is 5.91 Å². The summed E-state index contributed by atoms with van der Waals surface area (Å²) in [7, 11) is 0. The summed E-state index contributed by atoms with van der Waals surface area (Å²) in [6.07, 6.45) is 1.88. The van der Waals surface area contributed by atoms with Gasteiger partial charge in [-0.25, -0.2) is 4.68 Å². The number of nitrogens with zero attached hydrogens (tertiary/aromatic N) is 3. The fourth-order valence-corrected chi connectivity index (χ4v) is 3.36. The van der Waals surface area contributed by atoms with Crippen molar-refractivity contribution >= 4 is 23.1 Å². The third-order valence-corrected chi connectivity index (χ3v) is 4.81. The fourth-order valence-electron chi connectivity index (χ4n) is 2.67. The van der Waals surface area contributed by atoms with Crippen LogP contribution in [0.3, 0.4) is 0 Å². The molecule has 2 aromatic heterocycles. The van der Waals surface area contributed by atoms with Gasteiger partial charge >= 0.3 is 0 Å². The quantitative estimate of drug-likeness (QED) is 0.909. The van der Waals surface area contributed by atoms with Crippen molar-refractivity contribution in [2.24, 2.45) is 0 Å². The first-order valence-corrected chi connectivity index (χ1v) is 8.69. The number of aromatic nitrogens is 2. The van der Waals surface area contributed by atoms with E-state index in [-0.39, 0.29) is 18.1 Å². The molecule has 1 saturated heterocycles. The van der Waals surface area contributed by atoms with Gasteiger partial charge in [-0.2, -0.15) is 5.10 Å². The van der Waals surface area contributed by atoms with E-state index in [9.17, 15) is 4.79 Å². The topological polar surface area (TPSA) is 59.4 Å². The molecule has 1 N–H and O–H groups in total. The van der Waals surface area contributed by atoms with Gasteiger partial charge in [0.15, 0.2) is 0 Å². The Bertz CT molecular complexity index is 640. The van der Waals surface area contributed by atoms with Gasteiger partial charge in [0.25, 0.3) is 0 Å². The van der Waals surface area contributed by atoms with E-state index in [4.69, 9.17) is 4.74 Å². The third kappa shape index (κ3) is 4.19. The number of ether oxygens (including phenoxy) is 1. The number of thiophene rings is 1. The molecule has 0 radical (unpaired) electrons. The van der Waals surface area contributed by atoms with Crippen LogP contribution in [-0.2, 0) is 16.1 Å². The molecule has 3 heterocycles. The number of hydrogen-bond acceptors (Lipinski definition) is 5. The van der Waals surface area contributed by atoms with Gasteiger partial charge in [-0.1, -0.05) is 6.07 Å². The molecule has 0 unspecified atom stereocenters. The van der Waals surface area contributed by atoms with Crippen LogP contribution in [0.5, 0.6) is 0 Å². The monoisotopic (exact) mass is 334 g/mol. The first-order valence-electron chi connectivity index (χ1n) is 7.81. The van der Waals surface area contributed by atoms with E-state index in [1.54, 1.807) is 17.5 Å². The molecule has 0 saturated carbocycles. The first kappa shape index (κ1) is 16.2. The molecule has 0 aliphatic carbocycles. The number of rotatable bonds is 5. The highest BCUT2D eigenvalue weighted by Crippen LogP contribution is 2.15. The minimum absolute atomic E-state index is 0.0149. The zero-order valence-corrected chi connectivity index (χ0v) is 14.3. The SMILES string of the molecule is C[C@@H]1CO[C@@H](C)CN1CC(=O)Nc1ccnn1Cc1cccs1. The highest BCUT2D eigenvalue weighted by molar-refractivity contribution is 7.09. The first-order chi connectivity index (χ1) is 11.1. The molecule has 7 heteroatoms. The second-order valence-electron chi connectivity index (χ2n) is 5.92. The van der Waals surface area contributed by atoms with E-state index >= 15 is 0 Å². The van der Waals surface area contributed by atoms with Crippen molar-refractivity contribution in [2.45, 2.75) is 32.5 Å². The summed E-state index contributed by atoms with van der Waals surface area (Å²) in [5.74, 6) is 0.719. The van der Waals surface area contributed by atoms with Crippen molar-refractivity contribution in [3.8, 4) is 0 Å². The molecule has 0 bridgehead atoms. The number of anilines is 1. The van der Waals surface area contributed by atoms with Gasteiger partial charge < -0.3 is 10.1 Å². The maximum absolute atomic E-state index is 12.4. The summed E-state index contributed by atoms with van der Waals surface area (Å²) in [5.41, 5.74) is 0. The van der Waals surface area contributed by atoms with E-state index in [0.717, 1.165) is 12.4 Å². The summed E-state index contributed by atoms with van der Waals surface area (Å²) in [6, 6.07) is 6.17. The zero-order valence-electron chi connectivity index (χ0n) is 13.4. The molecule has 0 spiro atoms. The van der Waals surface area contributed by atoms with Crippen LogP contribution in [0.1, 0.15) is 18.7 Å². The lowest BCUT2D eigenvalue weighted by Crippen LogP contribution is -2.50. The Morgan fingerprint density at radius 2 is 2.35 bits per heavy atom. The summed E-state index contributed by atoms with van der Waals surface area (Å²) >= 11 is 1.68. The van der Waals surface area contributed by atoms with Crippen LogP contribution in [0.15, 0.2) is 29.8 Å². The maximum Gasteiger partial charge on any atom is 0.239 e. The standard InChI is InChI=1S/C16H22N4O2S/c1-12-11-22-13(2)8-19(12)10-16(21)18-15-5-6-17-20(15)9-14-4-3-7-23-14/h3-7,12-13H,8-11H2,1-2H3,(H,18,21)/t12-,13+/m1/s1. The number of nitrogens with one attached hydrogen (secondary N) is 1. The largest absolute Gasteiger partial charge is 0.376 e. The molecular weight excluding hydrogens is 312 g/mol. The van der Waals surface area contributed by atoms with Crippen molar-refractivity contribution in [3.05, 3.63) is 34.7 Å². The lowest BCUT2D eigenvalue weighted by Gasteiger charge is -2.36. The van der Waals surface area contributed by atoms with Crippen molar-refractivity contribution in [3.63, 3.8) is 0 Å². The van der Waals surface area contributed by atoms with Crippen LogP contribution in [0.2, 0.25) is 0 Å². The minimum Gasteiger partial charge on any atom is -0.376 e. The molecule has 3 rings (SSSR count).